The minimum Gasteiger partial charge on any atom is -0.508 e. The summed E-state index contributed by atoms with van der Waals surface area (Å²) in [6.07, 6.45) is 0. The van der Waals surface area contributed by atoms with Crippen LogP contribution in [0.25, 0.3) is 0 Å². The summed E-state index contributed by atoms with van der Waals surface area (Å²) in [5, 5.41) is 9.85. The maximum absolute atomic E-state index is 9.85. The number of phenols is 1. The van der Waals surface area contributed by atoms with Crippen LogP contribution in [0.1, 0.15) is 51.8 Å². The van der Waals surface area contributed by atoms with E-state index in [0.717, 1.165) is 11.1 Å². The fraction of sp³-hybridized carbons (Fsp3) is 0.571. The van der Waals surface area contributed by atoms with E-state index in [-0.39, 0.29) is 11.5 Å². The zero-order valence-electron chi connectivity index (χ0n) is 10.9. The van der Waals surface area contributed by atoms with Gasteiger partial charge in [-0.2, -0.15) is 0 Å². The van der Waals surface area contributed by atoms with E-state index in [9.17, 15) is 5.11 Å². The lowest BCUT2D eigenvalue weighted by atomic mass is 9.83. The summed E-state index contributed by atoms with van der Waals surface area (Å²) >= 11 is 0. The topological polar surface area (TPSA) is 46.2 Å². The van der Waals surface area contributed by atoms with Crippen LogP contribution in [0, 0.1) is 5.92 Å². The first-order valence-corrected chi connectivity index (χ1v) is 5.82. The first-order chi connectivity index (χ1) is 7.23. The van der Waals surface area contributed by atoms with Gasteiger partial charge in [-0.15, -0.1) is 0 Å². The van der Waals surface area contributed by atoms with Crippen LogP contribution in [-0.2, 0) is 5.41 Å². The standard InChI is InChI=1S/C14H23NO/c1-9(2)13(15)10-6-7-12(16)11(8-10)14(3,4)5/h6-9,13,16H,15H2,1-5H3. The molecule has 90 valence electrons. The highest BCUT2D eigenvalue weighted by Gasteiger charge is 2.20. The van der Waals surface area contributed by atoms with Crippen molar-refractivity contribution in [3.8, 4) is 5.75 Å². The average Bonchev–Trinajstić information content (AvgIpc) is 2.15. The summed E-state index contributed by atoms with van der Waals surface area (Å²) in [5.41, 5.74) is 8.11. The van der Waals surface area contributed by atoms with E-state index in [1.807, 2.05) is 12.1 Å². The van der Waals surface area contributed by atoms with Crippen molar-refractivity contribution in [2.45, 2.75) is 46.1 Å². The Kier molecular flexibility index (Phi) is 3.64. The molecule has 1 rings (SSSR count). The molecule has 0 aliphatic carbocycles. The predicted molar refractivity (Wildman–Crippen MR) is 68.6 cm³/mol. The second-order valence-corrected chi connectivity index (χ2v) is 5.80. The maximum Gasteiger partial charge on any atom is 0.119 e. The number of hydrogen-bond donors (Lipinski definition) is 2. The minimum atomic E-state index is -0.0587. The van der Waals surface area contributed by atoms with Gasteiger partial charge in [0.15, 0.2) is 0 Å². The molecule has 1 aromatic rings. The van der Waals surface area contributed by atoms with Crippen molar-refractivity contribution in [3.05, 3.63) is 29.3 Å². The molecule has 0 aromatic heterocycles. The number of nitrogens with two attached hydrogens (primary N) is 1. The van der Waals surface area contributed by atoms with Crippen molar-refractivity contribution in [1.82, 2.24) is 0 Å². The van der Waals surface area contributed by atoms with Gasteiger partial charge in [0.2, 0.25) is 0 Å². The molecule has 0 fully saturated rings. The predicted octanol–water partition coefficient (Wildman–Crippen LogP) is 3.35. The molecule has 0 bridgehead atoms. The van der Waals surface area contributed by atoms with Gasteiger partial charge >= 0.3 is 0 Å². The van der Waals surface area contributed by atoms with Gasteiger partial charge in [-0.25, -0.2) is 0 Å². The molecule has 2 nitrogen and oxygen atoms in total. The fourth-order valence-corrected chi connectivity index (χ4v) is 1.75. The highest BCUT2D eigenvalue weighted by Crippen LogP contribution is 2.33. The highest BCUT2D eigenvalue weighted by atomic mass is 16.3. The second kappa shape index (κ2) is 4.46. The average molecular weight is 221 g/mol. The third-order valence-electron chi connectivity index (χ3n) is 2.93. The van der Waals surface area contributed by atoms with Crippen LogP contribution >= 0.6 is 0 Å². The number of rotatable bonds is 2. The Labute approximate surface area is 98.5 Å². The monoisotopic (exact) mass is 221 g/mol. The van der Waals surface area contributed by atoms with Crippen molar-refractivity contribution in [2.75, 3.05) is 0 Å². The molecule has 1 atom stereocenters. The summed E-state index contributed by atoms with van der Waals surface area (Å²) in [6.45, 7) is 10.5. The molecule has 1 unspecified atom stereocenters. The van der Waals surface area contributed by atoms with Crippen molar-refractivity contribution < 1.29 is 5.11 Å². The molecule has 0 aliphatic heterocycles. The van der Waals surface area contributed by atoms with E-state index in [1.165, 1.54) is 0 Å². The molecule has 1 aromatic carbocycles. The van der Waals surface area contributed by atoms with Crippen LogP contribution in [0.3, 0.4) is 0 Å². The fourth-order valence-electron chi connectivity index (χ4n) is 1.75. The van der Waals surface area contributed by atoms with Gasteiger partial charge in [-0.1, -0.05) is 46.8 Å². The first kappa shape index (κ1) is 13.0. The van der Waals surface area contributed by atoms with E-state index < -0.39 is 0 Å². The van der Waals surface area contributed by atoms with E-state index in [0.29, 0.717) is 11.7 Å². The second-order valence-electron chi connectivity index (χ2n) is 5.80. The molecule has 2 heteroatoms. The lowest BCUT2D eigenvalue weighted by Gasteiger charge is -2.23. The van der Waals surface area contributed by atoms with Crippen LogP contribution < -0.4 is 5.73 Å². The van der Waals surface area contributed by atoms with Crippen LogP contribution in [0.15, 0.2) is 18.2 Å². The zero-order chi connectivity index (χ0) is 12.5. The van der Waals surface area contributed by atoms with Gasteiger partial charge in [0.25, 0.3) is 0 Å². The smallest absolute Gasteiger partial charge is 0.119 e. The van der Waals surface area contributed by atoms with Crippen LogP contribution in [0.2, 0.25) is 0 Å². The Morgan fingerprint density at radius 3 is 2.19 bits per heavy atom. The molecule has 0 spiro atoms. The SMILES string of the molecule is CC(C)C(N)c1ccc(O)c(C(C)(C)C)c1. The number of aromatic hydroxyl groups is 1. The summed E-state index contributed by atoms with van der Waals surface area (Å²) in [4.78, 5) is 0. The van der Waals surface area contributed by atoms with Gasteiger partial charge in [0, 0.05) is 6.04 Å². The van der Waals surface area contributed by atoms with Gasteiger partial charge in [0.05, 0.1) is 0 Å². The summed E-state index contributed by atoms with van der Waals surface area (Å²) in [7, 11) is 0. The van der Waals surface area contributed by atoms with E-state index in [2.05, 4.69) is 34.6 Å². The van der Waals surface area contributed by atoms with Crippen molar-refractivity contribution in [2.24, 2.45) is 11.7 Å². The molecule has 0 saturated carbocycles. The number of benzene rings is 1. The van der Waals surface area contributed by atoms with E-state index >= 15 is 0 Å². The molecule has 3 N–H and O–H groups in total. The van der Waals surface area contributed by atoms with Crippen molar-refractivity contribution in [3.63, 3.8) is 0 Å². The van der Waals surface area contributed by atoms with Crippen LogP contribution in [-0.4, -0.2) is 5.11 Å². The van der Waals surface area contributed by atoms with Gasteiger partial charge in [0.1, 0.15) is 5.75 Å². The van der Waals surface area contributed by atoms with Crippen molar-refractivity contribution >= 4 is 0 Å². The number of phenolic OH excluding ortho intramolecular Hbond substituents is 1. The Morgan fingerprint density at radius 2 is 1.75 bits per heavy atom. The molecule has 16 heavy (non-hydrogen) atoms. The number of hydrogen-bond acceptors (Lipinski definition) is 2. The Balaban J connectivity index is 3.18. The lowest BCUT2D eigenvalue weighted by Crippen LogP contribution is -2.18. The zero-order valence-corrected chi connectivity index (χ0v) is 10.9. The summed E-state index contributed by atoms with van der Waals surface area (Å²) in [6, 6.07) is 5.72. The van der Waals surface area contributed by atoms with Crippen LogP contribution in [0.4, 0.5) is 0 Å². The quantitative estimate of drug-likeness (QED) is 0.804. The third kappa shape index (κ3) is 2.76. The molecular formula is C14H23NO. The Hall–Kier alpha value is -1.02. The van der Waals surface area contributed by atoms with E-state index in [4.69, 9.17) is 5.73 Å². The molecule has 0 amide bonds. The van der Waals surface area contributed by atoms with Gasteiger partial charge < -0.3 is 10.8 Å². The van der Waals surface area contributed by atoms with Crippen LogP contribution in [0.5, 0.6) is 5.75 Å². The maximum atomic E-state index is 9.85. The first-order valence-electron chi connectivity index (χ1n) is 5.82. The van der Waals surface area contributed by atoms with E-state index in [1.54, 1.807) is 6.07 Å². The minimum absolute atomic E-state index is 0.0294. The normalized spacial score (nSPS) is 14.2. The third-order valence-corrected chi connectivity index (χ3v) is 2.93. The Bertz CT molecular complexity index is 363. The molecule has 0 heterocycles. The molecule has 0 aliphatic rings. The molecule has 0 saturated heterocycles. The highest BCUT2D eigenvalue weighted by molar-refractivity contribution is 5.41. The molecule has 0 radical (unpaired) electrons. The van der Waals surface area contributed by atoms with Gasteiger partial charge in [-0.3, -0.25) is 0 Å². The molecular weight excluding hydrogens is 198 g/mol. The van der Waals surface area contributed by atoms with Crippen molar-refractivity contribution in [1.29, 1.82) is 0 Å². The lowest BCUT2D eigenvalue weighted by molar-refractivity contribution is 0.444. The largest absolute Gasteiger partial charge is 0.508 e. The van der Waals surface area contributed by atoms with Gasteiger partial charge in [-0.05, 0) is 28.5 Å². The Morgan fingerprint density at radius 1 is 1.19 bits per heavy atom. The summed E-state index contributed by atoms with van der Waals surface area (Å²) in [5.74, 6) is 0.754. The summed E-state index contributed by atoms with van der Waals surface area (Å²) < 4.78 is 0.